The molecule has 0 bridgehead atoms. The Kier molecular flexibility index (Phi) is 5.26. The van der Waals surface area contributed by atoms with E-state index in [1.54, 1.807) is 30.3 Å². The summed E-state index contributed by atoms with van der Waals surface area (Å²) in [6, 6.07) is 12.4. The molecule has 5 nitrogen and oxygen atoms in total. The number of hydrogen-bond donors (Lipinski definition) is 1. The van der Waals surface area contributed by atoms with Gasteiger partial charge < -0.3 is 10.1 Å². The van der Waals surface area contributed by atoms with Crippen molar-refractivity contribution in [1.29, 1.82) is 0 Å². The number of fused-ring (bicyclic) bond motifs is 1. The van der Waals surface area contributed by atoms with Gasteiger partial charge in [0, 0.05) is 5.56 Å². The Hall–Kier alpha value is -2.62. The molecule has 1 aromatic heterocycles. The van der Waals surface area contributed by atoms with Crippen molar-refractivity contribution in [3.63, 3.8) is 0 Å². The van der Waals surface area contributed by atoms with Crippen molar-refractivity contribution in [2.75, 3.05) is 13.2 Å². The molecular formula is C17H12ClN3O2S. The normalized spacial score (nSPS) is 10.0. The summed E-state index contributed by atoms with van der Waals surface area (Å²) in [5.74, 6) is 6.04. The van der Waals surface area contributed by atoms with Crippen LogP contribution in [-0.4, -0.2) is 27.8 Å². The zero-order valence-corrected chi connectivity index (χ0v) is 14.0. The third-order valence-corrected chi connectivity index (χ3v) is 3.98. The van der Waals surface area contributed by atoms with Crippen molar-refractivity contribution < 1.29 is 9.53 Å². The first-order valence-corrected chi connectivity index (χ1v) is 8.18. The van der Waals surface area contributed by atoms with Gasteiger partial charge in [0.15, 0.2) is 0 Å². The number of rotatable bonds is 4. The molecule has 0 aliphatic rings. The maximum atomic E-state index is 12.0. The number of para-hydroxylation sites is 1. The smallest absolute Gasteiger partial charge is 0.252 e. The number of nitrogens with zero attached hydrogens (tertiary/aromatic N) is 2. The Morgan fingerprint density at radius 2 is 2.00 bits per heavy atom. The topological polar surface area (TPSA) is 64.1 Å². The van der Waals surface area contributed by atoms with E-state index >= 15 is 0 Å². The summed E-state index contributed by atoms with van der Waals surface area (Å²) in [7, 11) is 0. The van der Waals surface area contributed by atoms with Crippen molar-refractivity contribution in [1.82, 2.24) is 14.1 Å². The molecule has 0 radical (unpaired) electrons. The van der Waals surface area contributed by atoms with E-state index in [0.717, 1.165) is 17.2 Å². The molecule has 1 amide bonds. The van der Waals surface area contributed by atoms with Crippen molar-refractivity contribution in [3.05, 3.63) is 53.1 Å². The molecule has 2 aromatic carbocycles. The molecule has 0 spiro atoms. The molecule has 120 valence electrons. The molecule has 0 saturated heterocycles. The van der Waals surface area contributed by atoms with Crippen LogP contribution in [-0.2, 0) is 0 Å². The van der Waals surface area contributed by atoms with Crippen molar-refractivity contribution in [2.45, 2.75) is 0 Å². The largest absolute Gasteiger partial charge is 0.479 e. The summed E-state index contributed by atoms with van der Waals surface area (Å²) in [6.07, 6.45) is 0. The molecule has 0 unspecified atom stereocenters. The quantitative estimate of drug-likeness (QED) is 0.728. The van der Waals surface area contributed by atoms with Crippen LogP contribution < -0.4 is 10.1 Å². The van der Waals surface area contributed by atoms with Crippen LogP contribution in [0.2, 0.25) is 5.02 Å². The van der Waals surface area contributed by atoms with Gasteiger partial charge in [0.25, 0.3) is 5.91 Å². The molecule has 0 atom stereocenters. The zero-order chi connectivity index (χ0) is 16.8. The Bertz CT molecular complexity index is 930. The van der Waals surface area contributed by atoms with Crippen LogP contribution >= 0.6 is 23.3 Å². The van der Waals surface area contributed by atoms with E-state index in [0.29, 0.717) is 21.9 Å². The van der Waals surface area contributed by atoms with Crippen LogP contribution in [0.4, 0.5) is 0 Å². The number of halogens is 1. The lowest BCUT2D eigenvalue weighted by molar-refractivity contribution is 0.0959. The van der Waals surface area contributed by atoms with Gasteiger partial charge in [0.05, 0.1) is 23.3 Å². The molecule has 0 aliphatic carbocycles. The number of carbonyl (C=O) groups excluding carboxylic acids is 1. The van der Waals surface area contributed by atoms with Crippen LogP contribution in [0.5, 0.6) is 5.75 Å². The SMILES string of the molecule is O=C(NCC#CCOc1ccccc1Cl)c1ccc2nsnc2c1. The zero-order valence-electron chi connectivity index (χ0n) is 12.5. The lowest BCUT2D eigenvalue weighted by Crippen LogP contribution is -2.23. The second-order valence-electron chi connectivity index (χ2n) is 4.72. The number of benzene rings is 2. The van der Waals surface area contributed by atoms with Crippen LogP contribution in [0.1, 0.15) is 10.4 Å². The molecule has 3 aromatic rings. The number of hydrogen-bond acceptors (Lipinski definition) is 5. The highest BCUT2D eigenvalue weighted by Gasteiger charge is 2.06. The van der Waals surface area contributed by atoms with Crippen LogP contribution in [0.15, 0.2) is 42.5 Å². The Morgan fingerprint density at radius 1 is 1.17 bits per heavy atom. The highest BCUT2D eigenvalue weighted by Crippen LogP contribution is 2.22. The highest BCUT2D eigenvalue weighted by molar-refractivity contribution is 7.00. The molecule has 1 N–H and O–H groups in total. The monoisotopic (exact) mass is 357 g/mol. The molecule has 1 heterocycles. The van der Waals surface area contributed by atoms with Crippen LogP contribution in [0.25, 0.3) is 11.0 Å². The number of nitrogens with one attached hydrogen (secondary N) is 1. The van der Waals surface area contributed by atoms with E-state index < -0.39 is 0 Å². The van der Waals surface area contributed by atoms with Gasteiger partial charge in [0.2, 0.25) is 0 Å². The highest BCUT2D eigenvalue weighted by atomic mass is 35.5. The predicted octanol–water partition coefficient (Wildman–Crippen LogP) is 3.16. The second kappa shape index (κ2) is 7.77. The van der Waals surface area contributed by atoms with E-state index in [-0.39, 0.29) is 19.1 Å². The van der Waals surface area contributed by atoms with Gasteiger partial charge in [-0.2, -0.15) is 8.75 Å². The summed E-state index contributed by atoms with van der Waals surface area (Å²) < 4.78 is 13.6. The molecule has 7 heteroatoms. The van der Waals surface area contributed by atoms with Gasteiger partial charge >= 0.3 is 0 Å². The van der Waals surface area contributed by atoms with E-state index in [4.69, 9.17) is 16.3 Å². The van der Waals surface area contributed by atoms with Gasteiger partial charge in [0.1, 0.15) is 23.4 Å². The molecule has 24 heavy (non-hydrogen) atoms. The fourth-order valence-electron chi connectivity index (χ4n) is 1.94. The first kappa shape index (κ1) is 16.2. The third kappa shape index (κ3) is 4.02. The van der Waals surface area contributed by atoms with Gasteiger partial charge in [-0.05, 0) is 30.3 Å². The Morgan fingerprint density at radius 3 is 2.88 bits per heavy atom. The van der Waals surface area contributed by atoms with E-state index in [1.165, 1.54) is 0 Å². The minimum absolute atomic E-state index is 0.203. The summed E-state index contributed by atoms with van der Waals surface area (Å²) in [4.78, 5) is 12.0. The van der Waals surface area contributed by atoms with E-state index in [2.05, 4.69) is 25.9 Å². The fraction of sp³-hybridized carbons (Fsp3) is 0.118. The van der Waals surface area contributed by atoms with Crippen molar-refractivity contribution in [2.24, 2.45) is 0 Å². The average Bonchev–Trinajstić information content (AvgIpc) is 3.07. The first-order chi connectivity index (χ1) is 11.7. The lowest BCUT2D eigenvalue weighted by Gasteiger charge is -2.03. The van der Waals surface area contributed by atoms with Gasteiger partial charge in [-0.3, -0.25) is 4.79 Å². The van der Waals surface area contributed by atoms with Crippen molar-refractivity contribution >= 4 is 40.3 Å². The van der Waals surface area contributed by atoms with E-state index in [1.807, 2.05) is 12.1 Å². The predicted molar refractivity (Wildman–Crippen MR) is 94.5 cm³/mol. The maximum absolute atomic E-state index is 12.0. The minimum Gasteiger partial charge on any atom is -0.479 e. The molecule has 0 aliphatic heterocycles. The average molecular weight is 358 g/mol. The number of carbonyl (C=O) groups is 1. The molecule has 0 fully saturated rings. The summed E-state index contributed by atoms with van der Waals surface area (Å²) in [6.45, 7) is 0.439. The Balaban J connectivity index is 1.48. The fourth-order valence-corrected chi connectivity index (χ4v) is 2.65. The maximum Gasteiger partial charge on any atom is 0.252 e. The van der Waals surface area contributed by atoms with Crippen LogP contribution in [0, 0.1) is 11.8 Å². The second-order valence-corrected chi connectivity index (χ2v) is 5.66. The van der Waals surface area contributed by atoms with Gasteiger partial charge in [-0.15, -0.1) is 0 Å². The third-order valence-electron chi connectivity index (χ3n) is 3.11. The summed E-state index contributed by atoms with van der Waals surface area (Å²) >= 11 is 7.09. The van der Waals surface area contributed by atoms with Crippen LogP contribution in [0.3, 0.4) is 0 Å². The number of ether oxygens (including phenoxy) is 1. The lowest BCUT2D eigenvalue weighted by atomic mass is 10.2. The van der Waals surface area contributed by atoms with Crippen molar-refractivity contribution in [3.8, 4) is 17.6 Å². The standard InChI is InChI=1S/C17H12ClN3O2S/c18-13-5-1-2-6-16(13)23-10-4-3-9-19-17(22)12-7-8-14-15(11-12)21-24-20-14/h1-2,5-8,11H,9-10H2,(H,19,22). The Labute approximate surface area is 147 Å². The van der Waals surface area contributed by atoms with Gasteiger partial charge in [-0.1, -0.05) is 35.6 Å². The van der Waals surface area contributed by atoms with E-state index in [9.17, 15) is 4.79 Å². The molecular weight excluding hydrogens is 346 g/mol. The molecule has 0 saturated carbocycles. The number of aromatic nitrogens is 2. The minimum atomic E-state index is -0.203. The summed E-state index contributed by atoms with van der Waals surface area (Å²) in [5, 5.41) is 3.27. The molecule has 3 rings (SSSR count). The van der Waals surface area contributed by atoms with Gasteiger partial charge in [-0.25, -0.2) is 0 Å². The first-order valence-electron chi connectivity index (χ1n) is 7.07. The summed E-state index contributed by atoms with van der Waals surface area (Å²) in [5.41, 5.74) is 2.03. The number of amides is 1.